The quantitative estimate of drug-likeness (QED) is 0.404. The van der Waals surface area contributed by atoms with Crippen molar-refractivity contribution in [2.24, 2.45) is 0 Å². The predicted molar refractivity (Wildman–Crippen MR) is 103 cm³/mol. The zero-order valence-corrected chi connectivity index (χ0v) is 14.3. The summed E-state index contributed by atoms with van der Waals surface area (Å²) < 4.78 is 13.0. The van der Waals surface area contributed by atoms with E-state index in [0.29, 0.717) is 33.7 Å². The number of benzene rings is 3. The monoisotopic (exact) mass is 376 g/mol. The van der Waals surface area contributed by atoms with Crippen LogP contribution in [0.1, 0.15) is 10.4 Å². The number of hydrogen-bond donors (Lipinski definition) is 2. The first-order valence-electron chi connectivity index (χ1n) is 8.31. The molecule has 0 bridgehead atoms. The molecule has 0 saturated carbocycles. The van der Waals surface area contributed by atoms with Crippen LogP contribution in [-0.4, -0.2) is 20.8 Å². The molecule has 7 nitrogen and oxygen atoms in total. The molecule has 8 heteroatoms. The highest BCUT2D eigenvalue weighted by Gasteiger charge is 2.12. The van der Waals surface area contributed by atoms with Crippen LogP contribution in [-0.2, 0) is 0 Å². The van der Waals surface area contributed by atoms with Crippen LogP contribution in [0.4, 0.5) is 15.8 Å². The van der Waals surface area contributed by atoms with E-state index in [1.54, 1.807) is 30.3 Å². The molecule has 0 aliphatic heterocycles. The van der Waals surface area contributed by atoms with E-state index >= 15 is 0 Å². The Morgan fingerprint density at radius 3 is 2.43 bits per heavy atom. The fourth-order valence-electron chi connectivity index (χ4n) is 2.77. The second-order valence-electron chi connectivity index (χ2n) is 6.08. The Morgan fingerprint density at radius 2 is 1.75 bits per heavy atom. The van der Waals surface area contributed by atoms with Crippen molar-refractivity contribution in [3.05, 3.63) is 88.2 Å². The van der Waals surface area contributed by atoms with Gasteiger partial charge in [-0.15, -0.1) is 0 Å². The first-order chi connectivity index (χ1) is 13.5. The number of carbonyl (C=O) groups excluding carboxylic acids is 1. The van der Waals surface area contributed by atoms with Crippen molar-refractivity contribution in [2.75, 3.05) is 5.32 Å². The SMILES string of the molecule is O=C(Nc1ccc(F)cc1)c1ccc2nc(-c3ccc([N+](=O)[O-])cc3)[nH]c2c1. The number of carbonyl (C=O) groups is 1. The van der Waals surface area contributed by atoms with E-state index in [-0.39, 0.29) is 17.4 Å². The average Bonchev–Trinajstić information content (AvgIpc) is 3.13. The molecule has 0 saturated heterocycles. The van der Waals surface area contributed by atoms with E-state index in [2.05, 4.69) is 15.3 Å². The maximum absolute atomic E-state index is 13.0. The lowest BCUT2D eigenvalue weighted by Crippen LogP contribution is -2.11. The van der Waals surface area contributed by atoms with Gasteiger partial charge in [-0.25, -0.2) is 9.37 Å². The average molecular weight is 376 g/mol. The number of amides is 1. The van der Waals surface area contributed by atoms with Crippen molar-refractivity contribution >= 4 is 28.3 Å². The van der Waals surface area contributed by atoms with Crippen LogP contribution >= 0.6 is 0 Å². The maximum Gasteiger partial charge on any atom is 0.269 e. The van der Waals surface area contributed by atoms with Gasteiger partial charge in [0.05, 0.1) is 16.0 Å². The molecule has 1 heterocycles. The number of nitrogens with one attached hydrogen (secondary N) is 2. The summed E-state index contributed by atoms with van der Waals surface area (Å²) in [6.07, 6.45) is 0. The van der Waals surface area contributed by atoms with Gasteiger partial charge in [-0.2, -0.15) is 0 Å². The van der Waals surface area contributed by atoms with Gasteiger partial charge in [0.25, 0.3) is 11.6 Å². The van der Waals surface area contributed by atoms with Crippen molar-refractivity contribution in [1.29, 1.82) is 0 Å². The number of fused-ring (bicyclic) bond motifs is 1. The Hall–Kier alpha value is -4.07. The molecule has 0 atom stereocenters. The summed E-state index contributed by atoms with van der Waals surface area (Å²) in [6.45, 7) is 0. The fourth-order valence-corrected chi connectivity index (χ4v) is 2.77. The van der Waals surface area contributed by atoms with Gasteiger partial charge >= 0.3 is 0 Å². The van der Waals surface area contributed by atoms with E-state index < -0.39 is 4.92 Å². The van der Waals surface area contributed by atoms with E-state index in [1.165, 1.54) is 36.4 Å². The number of aromatic amines is 1. The molecule has 1 amide bonds. The molecule has 138 valence electrons. The zero-order chi connectivity index (χ0) is 19.7. The lowest BCUT2D eigenvalue weighted by atomic mass is 10.2. The molecule has 2 N–H and O–H groups in total. The lowest BCUT2D eigenvalue weighted by molar-refractivity contribution is -0.384. The summed E-state index contributed by atoms with van der Waals surface area (Å²) in [5, 5.41) is 13.5. The minimum atomic E-state index is -0.464. The fraction of sp³-hybridized carbons (Fsp3) is 0. The van der Waals surface area contributed by atoms with Gasteiger partial charge in [-0.05, 0) is 54.6 Å². The molecule has 3 aromatic carbocycles. The molecule has 0 aliphatic rings. The Labute approximate surface area is 158 Å². The summed E-state index contributed by atoms with van der Waals surface area (Å²) in [6, 6.07) is 16.5. The normalized spacial score (nSPS) is 10.8. The Morgan fingerprint density at radius 1 is 1.04 bits per heavy atom. The minimum Gasteiger partial charge on any atom is -0.338 e. The summed E-state index contributed by atoms with van der Waals surface area (Å²) in [5.41, 5.74) is 2.91. The molecular formula is C20H13FN4O3. The third-order valence-electron chi connectivity index (χ3n) is 4.20. The van der Waals surface area contributed by atoms with Crippen LogP contribution < -0.4 is 5.32 Å². The summed E-state index contributed by atoms with van der Waals surface area (Å²) in [7, 11) is 0. The molecule has 0 fully saturated rings. The van der Waals surface area contributed by atoms with Gasteiger partial charge in [0.15, 0.2) is 0 Å². The van der Waals surface area contributed by atoms with Crippen molar-refractivity contribution in [3.8, 4) is 11.4 Å². The highest BCUT2D eigenvalue weighted by atomic mass is 19.1. The smallest absolute Gasteiger partial charge is 0.269 e. The van der Waals surface area contributed by atoms with E-state index in [9.17, 15) is 19.3 Å². The van der Waals surface area contributed by atoms with Crippen molar-refractivity contribution in [3.63, 3.8) is 0 Å². The molecule has 0 radical (unpaired) electrons. The number of nitrogens with zero attached hydrogens (tertiary/aromatic N) is 2. The molecule has 0 aliphatic carbocycles. The number of anilines is 1. The largest absolute Gasteiger partial charge is 0.338 e. The first kappa shape index (κ1) is 17.3. The molecular weight excluding hydrogens is 363 g/mol. The van der Waals surface area contributed by atoms with Gasteiger partial charge in [0.1, 0.15) is 11.6 Å². The number of H-pyrrole nitrogens is 1. The highest BCUT2D eigenvalue weighted by molar-refractivity contribution is 6.06. The van der Waals surface area contributed by atoms with Crippen LogP contribution in [0.3, 0.4) is 0 Å². The standard InChI is InChI=1S/C20H13FN4O3/c21-14-4-6-15(7-5-14)22-20(26)13-3-10-17-18(11-13)24-19(23-17)12-1-8-16(9-2-12)25(27)28/h1-11H,(H,22,26)(H,23,24). The first-order valence-corrected chi connectivity index (χ1v) is 8.31. The number of non-ortho nitro benzene ring substituents is 1. The third-order valence-corrected chi connectivity index (χ3v) is 4.20. The van der Waals surface area contributed by atoms with Gasteiger partial charge in [-0.1, -0.05) is 0 Å². The Bertz CT molecular complexity index is 1180. The number of halogens is 1. The molecule has 4 rings (SSSR count). The second kappa shape index (κ2) is 6.92. The van der Waals surface area contributed by atoms with E-state index in [0.717, 1.165) is 0 Å². The molecule has 28 heavy (non-hydrogen) atoms. The summed E-state index contributed by atoms with van der Waals surface area (Å²) in [4.78, 5) is 30.3. The van der Waals surface area contributed by atoms with E-state index in [1.807, 2.05) is 0 Å². The summed E-state index contributed by atoms with van der Waals surface area (Å²) >= 11 is 0. The number of hydrogen-bond acceptors (Lipinski definition) is 4. The van der Waals surface area contributed by atoms with Crippen LogP contribution in [0.25, 0.3) is 22.4 Å². The van der Waals surface area contributed by atoms with Crippen LogP contribution in [0.15, 0.2) is 66.7 Å². The van der Waals surface area contributed by atoms with Gasteiger partial charge < -0.3 is 10.3 Å². The number of aromatic nitrogens is 2. The molecule has 0 spiro atoms. The Balaban J connectivity index is 1.59. The number of imidazole rings is 1. The topological polar surface area (TPSA) is 101 Å². The van der Waals surface area contributed by atoms with Crippen LogP contribution in [0.5, 0.6) is 0 Å². The minimum absolute atomic E-state index is 0.000360. The Kier molecular flexibility index (Phi) is 4.29. The maximum atomic E-state index is 13.0. The second-order valence-corrected chi connectivity index (χ2v) is 6.08. The summed E-state index contributed by atoms with van der Waals surface area (Å²) in [5.74, 6) is -0.170. The molecule has 1 aromatic heterocycles. The number of nitro groups is 1. The van der Waals surface area contributed by atoms with Crippen LogP contribution in [0, 0.1) is 15.9 Å². The van der Waals surface area contributed by atoms with Crippen LogP contribution in [0.2, 0.25) is 0 Å². The van der Waals surface area contributed by atoms with Crippen molar-refractivity contribution in [1.82, 2.24) is 9.97 Å². The predicted octanol–water partition coefficient (Wildman–Crippen LogP) is 4.53. The lowest BCUT2D eigenvalue weighted by Gasteiger charge is -2.05. The van der Waals surface area contributed by atoms with Gasteiger partial charge in [-0.3, -0.25) is 14.9 Å². The number of rotatable bonds is 4. The number of nitro benzene ring substituents is 1. The van der Waals surface area contributed by atoms with E-state index in [4.69, 9.17) is 0 Å². The zero-order valence-electron chi connectivity index (χ0n) is 14.3. The van der Waals surface area contributed by atoms with Crippen molar-refractivity contribution < 1.29 is 14.1 Å². The molecule has 4 aromatic rings. The third kappa shape index (κ3) is 3.43. The van der Waals surface area contributed by atoms with Gasteiger partial charge in [0.2, 0.25) is 0 Å². The highest BCUT2D eigenvalue weighted by Crippen LogP contribution is 2.24. The van der Waals surface area contributed by atoms with Crippen molar-refractivity contribution in [2.45, 2.75) is 0 Å². The molecule has 0 unspecified atom stereocenters. The van der Waals surface area contributed by atoms with Gasteiger partial charge in [0, 0.05) is 28.9 Å².